The fraction of sp³-hybridized carbons (Fsp3) is 0.389. The predicted molar refractivity (Wildman–Crippen MR) is 98.0 cm³/mol. The monoisotopic (exact) mass is 362 g/mol. The standard InChI is InChI=1S/C18H23FN4O3/c1-12-13(17(25)22-18(26)21-12)8-9-16(24)20-10-5-11-23(2)15-7-4-3-6-14(15)19/h3-4,6-7H,5,8-11H2,1-2H3,(H,20,24)(H2,21,22,25,26). The van der Waals surface area contributed by atoms with Crippen LogP contribution >= 0.6 is 0 Å². The molecule has 3 N–H and O–H groups in total. The van der Waals surface area contributed by atoms with Crippen molar-refractivity contribution in [2.24, 2.45) is 0 Å². The van der Waals surface area contributed by atoms with E-state index < -0.39 is 11.2 Å². The normalized spacial score (nSPS) is 10.6. The Kier molecular flexibility index (Phi) is 6.71. The Morgan fingerprint density at radius 3 is 2.65 bits per heavy atom. The number of anilines is 1. The Balaban J connectivity index is 1.74. The van der Waals surface area contributed by atoms with E-state index in [2.05, 4.69) is 15.3 Å². The van der Waals surface area contributed by atoms with Gasteiger partial charge >= 0.3 is 5.69 Å². The molecule has 0 unspecified atom stereocenters. The van der Waals surface area contributed by atoms with E-state index in [1.165, 1.54) is 6.07 Å². The molecule has 1 aromatic carbocycles. The molecule has 0 saturated heterocycles. The number of carbonyl (C=O) groups is 1. The molecular weight excluding hydrogens is 339 g/mol. The molecule has 0 fully saturated rings. The van der Waals surface area contributed by atoms with Crippen LogP contribution in [0.3, 0.4) is 0 Å². The van der Waals surface area contributed by atoms with Crippen molar-refractivity contribution in [3.8, 4) is 0 Å². The molecule has 0 spiro atoms. The molecule has 0 aliphatic rings. The van der Waals surface area contributed by atoms with Crippen molar-refractivity contribution in [3.63, 3.8) is 0 Å². The van der Waals surface area contributed by atoms with Gasteiger partial charge in [0.25, 0.3) is 5.56 Å². The topological polar surface area (TPSA) is 98.1 Å². The first-order chi connectivity index (χ1) is 12.4. The third-order valence-electron chi connectivity index (χ3n) is 4.11. The molecule has 0 aliphatic heterocycles. The van der Waals surface area contributed by atoms with Gasteiger partial charge in [-0.3, -0.25) is 14.6 Å². The maximum Gasteiger partial charge on any atom is 0.325 e. The van der Waals surface area contributed by atoms with Crippen molar-refractivity contribution >= 4 is 11.6 Å². The summed E-state index contributed by atoms with van der Waals surface area (Å²) in [6.07, 6.45) is 1.06. The van der Waals surface area contributed by atoms with Crippen LogP contribution in [0.1, 0.15) is 24.1 Å². The second-order valence-electron chi connectivity index (χ2n) is 6.09. The molecule has 1 aromatic heterocycles. The summed E-state index contributed by atoms with van der Waals surface area (Å²) in [4.78, 5) is 41.2. The summed E-state index contributed by atoms with van der Waals surface area (Å²) in [6, 6.07) is 6.53. The molecule has 1 amide bonds. The molecule has 0 atom stereocenters. The first kappa shape index (κ1) is 19.4. The van der Waals surface area contributed by atoms with Crippen LogP contribution in [0.5, 0.6) is 0 Å². The second-order valence-corrected chi connectivity index (χ2v) is 6.09. The number of hydrogen-bond acceptors (Lipinski definition) is 4. The highest BCUT2D eigenvalue weighted by Gasteiger charge is 2.09. The van der Waals surface area contributed by atoms with Gasteiger partial charge in [0.1, 0.15) is 5.82 Å². The van der Waals surface area contributed by atoms with Gasteiger partial charge in [0, 0.05) is 37.8 Å². The van der Waals surface area contributed by atoms with E-state index in [-0.39, 0.29) is 24.6 Å². The van der Waals surface area contributed by atoms with Gasteiger partial charge in [-0.2, -0.15) is 0 Å². The maximum absolute atomic E-state index is 13.7. The summed E-state index contributed by atoms with van der Waals surface area (Å²) in [6.45, 7) is 2.68. The zero-order valence-corrected chi connectivity index (χ0v) is 14.9. The van der Waals surface area contributed by atoms with E-state index in [0.29, 0.717) is 36.5 Å². The number of aromatic amines is 2. The van der Waals surface area contributed by atoms with E-state index in [4.69, 9.17) is 0 Å². The van der Waals surface area contributed by atoms with Crippen LogP contribution in [0.25, 0.3) is 0 Å². The number of para-hydroxylation sites is 1. The van der Waals surface area contributed by atoms with Crippen LogP contribution < -0.4 is 21.5 Å². The van der Waals surface area contributed by atoms with Crippen molar-refractivity contribution in [2.75, 3.05) is 25.0 Å². The van der Waals surface area contributed by atoms with Gasteiger partial charge < -0.3 is 15.2 Å². The largest absolute Gasteiger partial charge is 0.372 e. The molecule has 26 heavy (non-hydrogen) atoms. The number of amides is 1. The van der Waals surface area contributed by atoms with Crippen molar-refractivity contribution in [2.45, 2.75) is 26.2 Å². The number of hydrogen-bond donors (Lipinski definition) is 3. The van der Waals surface area contributed by atoms with E-state index >= 15 is 0 Å². The quantitative estimate of drug-likeness (QED) is 0.612. The SMILES string of the molecule is Cc1[nH]c(=O)[nH]c(=O)c1CCC(=O)NCCCN(C)c1ccccc1F. The molecule has 0 radical (unpaired) electrons. The number of halogens is 1. The van der Waals surface area contributed by atoms with Gasteiger partial charge in [-0.05, 0) is 31.9 Å². The van der Waals surface area contributed by atoms with Gasteiger partial charge in [0.2, 0.25) is 5.91 Å². The molecule has 2 rings (SSSR count). The minimum absolute atomic E-state index is 0.152. The lowest BCUT2D eigenvalue weighted by Crippen LogP contribution is -2.30. The van der Waals surface area contributed by atoms with Crippen LogP contribution in [0.2, 0.25) is 0 Å². The summed E-state index contributed by atoms with van der Waals surface area (Å²) in [5.74, 6) is -0.455. The third-order valence-corrected chi connectivity index (χ3v) is 4.11. The number of H-pyrrole nitrogens is 2. The highest BCUT2D eigenvalue weighted by atomic mass is 19.1. The van der Waals surface area contributed by atoms with Crippen LogP contribution in [0.4, 0.5) is 10.1 Å². The Morgan fingerprint density at radius 2 is 1.96 bits per heavy atom. The first-order valence-electron chi connectivity index (χ1n) is 8.43. The lowest BCUT2D eigenvalue weighted by atomic mass is 10.1. The first-order valence-corrected chi connectivity index (χ1v) is 8.43. The van der Waals surface area contributed by atoms with E-state index in [0.717, 1.165) is 0 Å². The Bertz CT molecular complexity index is 875. The Morgan fingerprint density at radius 1 is 1.23 bits per heavy atom. The summed E-state index contributed by atoms with van der Waals surface area (Å²) in [5.41, 5.74) is 0.369. The smallest absolute Gasteiger partial charge is 0.325 e. The van der Waals surface area contributed by atoms with Gasteiger partial charge in [-0.1, -0.05) is 12.1 Å². The lowest BCUT2D eigenvalue weighted by Gasteiger charge is -2.19. The summed E-state index contributed by atoms with van der Waals surface area (Å²) in [5, 5.41) is 2.78. The molecule has 1 heterocycles. The molecule has 8 heteroatoms. The number of nitrogens with one attached hydrogen (secondary N) is 3. The fourth-order valence-electron chi connectivity index (χ4n) is 2.68. The average Bonchev–Trinajstić information content (AvgIpc) is 2.58. The van der Waals surface area contributed by atoms with E-state index in [1.54, 1.807) is 37.1 Å². The predicted octanol–water partition coefficient (Wildman–Crippen LogP) is 1.09. The molecule has 0 aliphatic carbocycles. The van der Waals surface area contributed by atoms with E-state index in [1.807, 2.05) is 0 Å². The molecular formula is C18H23FN4O3. The number of aryl methyl sites for hydroxylation is 1. The molecule has 0 bridgehead atoms. The van der Waals surface area contributed by atoms with Crippen LogP contribution in [-0.4, -0.2) is 36.0 Å². The molecule has 7 nitrogen and oxygen atoms in total. The zero-order chi connectivity index (χ0) is 19.1. The van der Waals surface area contributed by atoms with Crippen LogP contribution in [0.15, 0.2) is 33.9 Å². The van der Waals surface area contributed by atoms with Crippen molar-refractivity contribution in [1.82, 2.24) is 15.3 Å². The molecule has 2 aromatic rings. The zero-order valence-electron chi connectivity index (χ0n) is 14.9. The van der Waals surface area contributed by atoms with Gasteiger partial charge in [0.15, 0.2) is 0 Å². The number of carbonyl (C=O) groups excluding carboxylic acids is 1. The van der Waals surface area contributed by atoms with Gasteiger partial charge in [-0.25, -0.2) is 9.18 Å². The number of rotatable bonds is 8. The van der Waals surface area contributed by atoms with Crippen molar-refractivity contribution in [3.05, 3.63) is 62.2 Å². The van der Waals surface area contributed by atoms with Crippen molar-refractivity contribution < 1.29 is 9.18 Å². The van der Waals surface area contributed by atoms with Crippen molar-refractivity contribution in [1.29, 1.82) is 0 Å². The minimum Gasteiger partial charge on any atom is -0.372 e. The molecule has 140 valence electrons. The van der Waals surface area contributed by atoms with Gasteiger partial charge in [0.05, 0.1) is 5.69 Å². The highest BCUT2D eigenvalue weighted by Crippen LogP contribution is 2.16. The lowest BCUT2D eigenvalue weighted by molar-refractivity contribution is -0.121. The summed E-state index contributed by atoms with van der Waals surface area (Å²) >= 11 is 0. The minimum atomic E-state index is -0.556. The fourth-order valence-corrected chi connectivity index (χ4v) is 2.68. The summed E-state index contributed by atoms with van der Waals surface area (Å²) in [7, 11) is 1.80. The highest BCUT2D eigenvalue weighted by molar-refractivity contribution is 5.76. The third kappa shape index (κ3) is 5.30. The number of aromatic nitrogens is 2. The Labute approximate surface area is 150 Å². The van der Waals surface area contributed by atoms with E-state index in [9.17, 15) is 18.8 Å². The second kappa shape index (κ2) is 8.98. The van der Waals surface area contributed by atoms with Crippen LogP contribution in [0, 0.1) is 12.7 Å². The average molecular weight is 362 g/mol. The number of nitrogens with zero attached hydrogens (tertiary/aromatic N) is 1. The Hall–Kier alpha value is -2.90. The van der Waals surface area contributed by atoms with Crippen LogP contribution in [-0.2, 0) is 11.2 Å². The maximum atomic E-state index is 13.7. The van der Waals surface area contributed by atoms with Gasteiger partial charge in [-0.15, -0.1) is 0 Å². The molecule has 0 saturated carbocycles. The number of benzene rings is 1. The summed E-state index contributed by atoms with van der Waals surface area (Å²) < 4.78 is 13.7.